The number of benzene rings is 2. The van der Waals surface area contributed by atoms with Crippen LogP contribution in [0.4, 0.5) is 0 Å². The number of fused-ring (bicyclic) bond motifs is 1. The van der Waals surface area contributed by atoms with E-state index in [-0.39, 0.29) is 11.2 Å². The van der Waals surface area contributed by atoms with Gasteiger partial charge in [-0.1, -0.05) is 69.7 Å². The van der Waals surface area contributed by atoms with Gasteiger partial charge in [-0.05, 0) is 48.4 Å². The molecule has 0 spiro atoms. The number of nitrogens with zero attached hydrogens (tertiary/aromatic N) is 4. The second kappa shape index (κ2) is 9.22. The van der Waals surface area contributed by atoms with Gasteiger partial charge in [-0.15, -0.1) is 0 Å². The summed E-state index contributed by atoms with van der Waals surface area (Å²) in [7, 11) is 0. The molecule has 6 nitrogen and oxygen atoms in total. The van der Waals surface area contributed by atoms with Crippen LogP contribution in [0.25, 0.3) is 16.9 Å². The highest BCUT2D eigenvalue weighted by Gasteiger charge is 2.19. The Morgan fingerprint density at radius 3 is 2.18 bits per heavy atom. The lowest BCUT2D eigenvalue weighted by atomic mass is 10.0. The molecule has 0 saturated carbocycles. The van der Waals surface area contributed by atoms with Gasteiger partial charge in [-0.3, -0.25) is 9.36 Å². The Hall–Kier alpha value is -3.41. The summed E-state index contributed by atoms with van der Waals surface area (Å²) in [5, 5.41) is 0. The molecule has 0 aliphatic heterocycles. The predicted octanol–water partition coefficient (Wildman–Crippen LogP) is 4.88. The highest BCUT2D eigenvalue weighted by molar-refractivity contribution is 5.72. The molecule has 0 saturated heterocycles. The first-order chi connectivity index (χ1) is 15.8. The van der Waals surface area contributed by atoms with Crippen molar-refractivity contribution in [3.8, 4) is 5.69 Å². The first kappa shape index (κ1) is 22.8. The van der Waals surface area contributed by atoms with E-state index in [2.05, 4.69) is 56.9 Å². The van der Waals surface area contributed by atoms with Crippen LogP contribution in [-0.4, -0.2) is 18.7 Å². The molecule has 172 valence electrons. The van der Waals surface area contributed by atoms with Crippen LogP contribution >= 0.6 is 0 Å². The van der Waals surface area contributed by atoms with Gasteiger partial charge in [0, 0.05) is 13.1 Å². The summed E-state index contributed by atoms with van der Waals surface area (Å²) < 4.78 is 4.80. The normalized spacial score (nSPS) is 11.7. The number of hydrogen-bond acceptors (Lipinski definition) is 3. The molecule has 6 heteroatoms. The fourth-order valence-corrected chi connectivity index (χ4v) is 4.02. The van der Waals surface area contributed by atoms with E-state index in [1.165, 1.54) is 15.7 Å². The molecule has 0 atom stereocenters. The van der Waals surface area contributed by atoms with Crippen molar-refractivity contribution in [2.45, 2.75) is 60.0 Å². The topological polar surface area (TPSA) is 61.8 Å². The van der Waals surface area contributed by atoms with Crippen molar-refractivity contribution in [2.75, 3.05) is 0 Å². The maximum atomic E-state index is 13.5. The molecule has 0 bridgehead atoms. The summed E-state index contributed by atoms with van der Waals surface area (Å²) >= 11 is 0. The highest BCUT2D eigenvalue weighted by Crippen LogP contribution is 2.19. The summed E-state index contributed by atoms with van der Waals surface area (Å²) in [5.41, 5.74) is 4.40. The molecule has 0 radical (unpaired) electrons. The van der Waals surface area contributed by atoms with Crippen molar-refractivity contribution in [1.82, 2.24) is 18.7 Å². The van der Waals surface area contributed by atoms with Gasteiger partial charge < -0.3 is 4.57 Å². The van der Waals surface area contributed by atoms with Gasteiger partial charge in [0.15, 0.2) is 11.2 Å². The largest absolute Gasteiger partial charge is 0.337 e. The van der Waals surface area contributed by atoms with Crippen LogP contribution in [-0.2, 0) is 13.1 Å². The second-order valence-corrected chi connectivity index (χ2v) is 9.53. The number of aryl methyl sites for hydroxylation is 1. The number of rotatable bonds is 7. The second-order valence-electron chi connectivity index (χ2n) is 9.53. The maximum absolute atomic E-state index is 13.5. The van der Waals surface area contributed by atoms with Crippen LogP contribution in [0.3, 0.4) is 0 Å². The minimum atomic E-state index is -0.342. The average molecular weight is 445 g/mol. The summed E-state index contributed by atoms with van der Waals surface area (Å²) in [5.74, 6) is 0.771. The molecule has 0 amide bonds. The molecule has 0 fully saturated rings. The van der Waals surface area contributed by atoms with Crippen molar-refractivity contribution >= 4 is 11.2 Å². The van der Waals surface area contributed by atoms with Crippen LogP contribution in [0.5, 0.6) is 0 Å². The van der Waals surface area contributed by atoms with Crippen molar-refractivity contribution in [3.05, 3.63) is 92.4 Å². The monoisotopic (exact) mass is 444 g/mol. The van der Waals surface area contributed by atoms with Crippen LogP contribution < -0.4 is 11.2 Å². The van der Waals surface area contributed by atoms with E-state index in [1.54, 1.807) is 10.9 Å². The minimum absolute atomic E-state index is 0.282. The molecule has 33 heavy (non-hydrogen) atoms. The zero-order valence-corrected chi connectivity index (χ0v) is 20.1. The summed E-state index contributed by atoms with van der Waals surface area (Å²) in [6.45, 7) is 11.4. The fraction of sp³-hybridized carbons (Fsp3) is 0.370. The molecular formula is C27H32N4O2. The van der Waals surface area contributed by atoms with Crippen molar-refractivity contribution < 1.29 is 0 Å². The summed E-state index contributed by atoms with van der Waals surface area (Å²) in [6, 6.07) is 16.2. The predicted molar refractivity (Wildman–Crippen MR) is 133 cm³/mol. The van der Waals surface area contributed by atoms with E-state index in [0.29, 0.717) is 41.8 Å². The molecule has 2 aromatic carbocycles. The fourth-order valence-electron chi connectivity index (χ4n) is 4.02. The number of aromatic nitrogens is 4. The Morgan fingerprint density at radius 1 is 0.909 bits per heavy atom. The van der Waals surface area contributed by atoms with Gasteiger partial charge in [-0.2, -0.15) is 0 Å². The van der Waals surface area contributed by atoms with Crippen LogP contribution in [0.2, 0.25) is 0 Å². The third-order valence-electron chi connectivity index (χ3n) is 6.12. The van der Waals surface area contributed by atoms with Gasteiger partial charge in [0.2, 0.25) is 0 Å². The van der Waals surface area contributed by atoms with Crippen molar-refractivity contribution in [3.63, 3.8) is 0 Å². The zero-order chi connectivity index (χ0) is 23.7. The van der Waals surface area contributed by atoms with E-state index in [4.69, 9.17) is 0 Å². The molecule has 4 aromatic rings. The van der Waals surface area contributed by atoms with Gasteiger partial charge >= 0.3 is 5.69 Å². The highest BCUT2D eigenvalue weighted by atomic mass is 16.2. The van der Waals surface area contributed by atoms with Crippen LogP contribution in [0, 0.1) is 12.8 Å². The van der Waals surface area contributed by atoms with Gasteiger partial charge in [0.05, 0.1) is 12.0 Å². The van der Waals surface area contributed by atoms with E-state index >= 15 is 0 Å². The molecule has 2 aromatic heterocycles. The molecule has 0 aliphatic carbocycles. The molecule has 0 unspecified atom stereocenters. The Labute approximate surface area is 194 Å². The quantitative estimate of drug-likeness (QED) is 0.408. The molecule has 2 heterocycles. The molecular weight excluding hydrogens is 412 g/mol. The van der Waals surface area contributed by atoms with E-state index in [1.807, 2.05) is 35.8 Å². The van der Waals surface area contributed by atoms with Gasteiger partial charge in [0.25, 0.3) is 5.56 Å². The van der Waals surface area contributed by atoms with Crippen LogP contribution in [0.1, 0.15) is 56.7 Å². The minimum Gasteiger partial charge on any atom is -0.320 e. The molecule has 4 rings (SSSR count). The summed E-state index contributed by atoms with van der Waals surface area (Å²) in [4.78, 5) is 31.6. The molecule has 0 N–H and O–H groups in total. The summed E-state index contributed by atoms with van der Waals surface area (Å²) in [6.07, 6.45) is 2.41. The van der Waals surface area contributed by atoms with E-state index in [0.717, 1.165) is 12.0 Å². The average Bonchev–Trinajstić information content (AvgIpc) is 3.18. The Kier molecular flexibility index (Phi) is 6.36. The third-order valence-corrected chi connectivity index (χ3v) is 6.12. The van der Waals surface area contributed by atoms with Crippen molar-refractivity contribution in [1.29, 1.82) is 0 Å². The van der Waals surface area contributed by atoms with E-state index < -0.39 is 0 Å². The Morgan fingerprint density at radius 2 is 1.58 bits per heavy atom. The van der Waals surface area contributed by atoms with E-state index in [9.17, 15) is 9.59 Å². The SMILES string of the molecule is Cc1ccc(Cn2cnc3c2c(=O)n(CCC(C)C)c(=O)n3-c2ccc(C(C)C)cc2)cc1. The number of imidazole rings is 1. The molecule has 0 aliphatic rings. The lowest BCUT2D eigenvalue weighted by Gasteiger charge is -2.14. The maximum Gasteiger partial charge on any atom is 0.337 e. The first-order valence-corrected chi connectivity index (χ1v) is 11.6. The van der Waals surface area contributed by atoms with Gasteiger partial charge in [0.1, 0.15) is 0 Å². The Balaban J connectivity index is 1.92. The first-order valence-electron chi connectivity index (χ1n) is 11.6. The standard InChI is InChI=1S/C27H32N4O2/c1-18(2)14-15-30-26(32)24-25(28-17-29(24)16-21-8-6-20(5)7-9-21)31(27(30)33)23-12-10-22(11-13-23)19(3)4/h6-13,17-19H,14-16H2,1-5H3. The zero-order valence-electron chi connectivity index (χ0n) is 20.1. The Bertz CT molecular complexity index is 1370. The lowest BCUT2D eigenvalue weighted by Crippen LogP contribution is -2.40. The smallest absolute Gasteiger partial charge is 0.320 e. The van der Waals surface area contributed by atoms with Gasteiger partial charge in [-0.25, -0.2) is 14.3 Å². The third kappa shape index (κ3) is 4.56. The van der Waals surface area contributed by atoms with Crippen LogP contribution in [0.15, 0.2) is 64.4 Å². The lowest BCUT2D eigenvalue weighted by molar-refractivity contribution is 0.491. The number of hydrogen-bond donors (Lipinski definition) is 0. The van der Waals surface area contributed by atoms with Crippen molar-refractivity contribution in [2.24, 2.45) is 5.92 Å².